The third-order valence-electron chi connectivity index (χ3n) is 5.11. The minimum atomic E-state index is -0.0884. The maximum Gasteiger partial charge on any atom is 0.306 e. The number of ether oxygens (including phenoxy) is 2. The van der Waals surface area contributed by atoms with Crippen LogP contribution >= 0.6 is 23.5 Å². The van der Waals surface area contributed by atoms with Crippen LogP contribution < -0.4 is 0 Å². The van der Waals surface area contributed by atoms with Crippen LogP contribution in [0.3, 0.4) is 0 Å². The van der Waals surface area contributed by atoms with Crippen molar-refractivity contribution in [2.75, 3.05) is 29.8 Å². The summed E-state index contributed by atoms with van der Waals surface area (Å²) >= 11 is 3.46. The number of esters is 2. The Hall–Kier alpha value is -0.360. The van der Waals surface area contributed by atoms with Crippen LogP contribution in [0.1, 0.15) is 91.9 Å². The van der Waals surface area contributed by atoms with Gasteiger partial charge in [-0.05, 0) is 24.7 Å². The standard InChI is InChI=1S/C23H44O4S2/c1-5-9-11-20(7-3)17-26-22(24)13-15-28-19-29-16-14-23(25)27-18-21(8-4)12-10-6-2/h20-21H,5-19H2,1-4H3/t20-,21+. The second-order valence-corrected chi connectivity index (χ2v) is 10.2. The monoisotopic (exact) mass is 448 g/mol. The van der Waals surface area contributed by atoms with Crippen molar-refractivity contribution < 1.29 is 19.1 Å². The minimum absolute atomic E-state index is 0.0884. The molecule has 0 aromatic rings. The molecule has 0 heterocycles. The fourth-order valence-electron chi connectivity index (χ4n) is 2.85. The number of unbranched alkanes of at least 4 members (excludes halogenated alkanes) is 2. The molecule has 0 N–H and O–H groups in total. The van der Waals surface area contributed by atoms with Gasteiger partial charge in [0.05, 0.1) is 26.1 Å². The summed E-state index contributed by atoms with van der Waals surface area (Å²) in [5.41, 5.74) is 0. The Morgan fingerprint density at radius 3 is 1.48 bits per heavy atom. The molecule has 0 unspecified atom stereocenters. The lowest BCUT2D eigenvalue weighted by Crippen LogP contribution is -2.14. The van der Waals surface area contributed by atoms with Gasteiger partial charge in [0.2, 0.25) is 0 Å². The van der Waals surface area contributed by atoms with Gasteiger partial charge in [0.1, 0.15) is 0 Å². The first-order valence-corrected chi connectivity index (χ1v) is 13.8. The zero-order valence-corrected chi connectivity index (χ0v) is 20.8. The van der Waals surface area contributed by atoms with Crippen molar-refractivity contribution in [3.05, 3.63) is 0 Å². The fourth-order valence-corrected chi connectivity index (χ4v) is 4.89. The predicted molar refractivity (Wildman–Crippen MR) is 128 cm³/mol. The lowest BCUT2D eigenvalue weighted by molar-refractivity contribution is -0.145. The van der Waals surface area contributed by atoms with E-state index in [0.29, 0.717) is 37.9 Å². The van der Waals surface area contributed by atoms with E-state index in [1.54, 1.807) is 23.5 Å². The van der Waals surface area contributed by atoms with E-state index >= 15 is 0 Å². The largest absolute Gasteiger partial charge is 0.465 e. The topological polar surface area (TPSA) is 52.6 Å². The Labute approximate surface area is 188 Å². The van der Waals surface area contributed by atoms with Crippen molar-refractivity contribution in [2.24, 2.45) is 11.8 Å². The molecule has 4 nitrogen and oxygen atoms in total. The van der Waals surface area contributed by atoms with Crippen LogP contribution in [0, 0.1) is 11.8 Å². The van der Waals surface area contributed by atoms with Gasteiger partial charge in [0, 0.05) is 16.6 Å². The second kappa shape index (κ2) is 20.9. The molecule has 0 aromatic carbocycles. The summed E-state index contributed by atoms with van der Waals surface area (Å²) in [6.45, 7) is 9.82. The average Bonchev–Trinajstić information content (AvgIpc) is 2.73. The Morgan fingerprint density at radius 2 is 1.14 bits per heavy atom. The molecule has 0 saturated carbocycles. The summed E-state index contributed by atoms with van der Waals surface area (Å²) in [6.07, 6.45) is 10.1. The Bertz CT molecular complexity index is 368. The highest BCUT2D eigenvalue weighted by Gasteiger charge is 2.11. The van der Waals surface area contributed by atoms with Crippen molar-refractivity contribution in [3.8, 4) is 0 Å². The SMILES string of the molecule is CCCC[C@@H](CC)COC(=O)CCSCSCCC(=O)OC[C@@H](CC)CCCC. The summed E-state index contributed by atoms with van der Waals surface area (Å²) in [5, 5.41) is 0.892. The minimum Gasteiger partial charge on any atom is -0.465 e. The van der Waals surface area contributed by atoms with Gasteiger partial charge in [-0.2, -0.15) is 23.5 Å². The van der Waals surface area contributed by atoms with Gasteiger partial charge >= 0.3 is 11.9 Å². The molecular weight excluding hydrogens is 404 g/mol. The molecule has 6 heteroatoms. The number of thioether (sulfide) groups is 2. The number of hydrogen-bond donors (Lipinski definition) is 0. The van der Waals surface area contributed by atoms with E-state index < -0.39 is 0 Å². The molecule has 0 amide bonds. The average molecular weight is 449 g/mol. The lowest BCUT2D eigenvalue weighted by Gasteiger charge is -2.14. The molecule has 0 saturated heterocycles. The first-order chi connectivity index (χ1) is 14.1. The molecule has 0 aliphatic heterocycles. The van der Waals surface area contributed by atoms with Gasteiger partial charge in [0.25, 0.3) is 0 Å². The van der Waals surface area contributed by atoms with Crippen LogP contribution in [0.4, 0.5) is 0 Å². The first kappa shape index (κ1) is 28.6. The van der Waals surface area contributed by atoms with Gasteiger partial charge in [0.15, 0.2) is 0 Å². The van der Waals surface area contributed by atoms with E-state index in [0.717, 1.165) is 42.3 Å². The maximum atomic E-state index is 11.8. The van der Waals surface area contributed by atoms with Crippen LogP contribution in [-0.4, -0.2) is 41.7 Å². The van der Waals surface area contributed by atoms with E-state index in [-0.39, 0.29) is 11.9 Å². The molecule has 0 aliphatic rings. The van der Waals surface area contributed by atoms with Crippen molar-refractivity contribution >= 4 is 35.5 Å². The zero-order chi connectivity index (χ0) is 21.7. The van der Waals surface area contributed by atoms with Gasteiger partial charge in [-0.1, -0.05) is 66.2 Å². The highest BCUT2D eigenvalue weighted by molar-refractivity contribution is 8.15. The van der Waals surface area contributed by atoms with Gasteiger partial charge in [-0.3, -0.25) is 9.59 Å². The van der Waals surface area contributed by atoms with Crippen molar-refractivity contribution in [1.29, 1.82) is 0 Å². The quantitative estimate of drug-likeness (QED) is 0.117. The van der Waals surface area contributed by atoms with Gasteiger partial charge < -0.3 is 9.47 Å². The molecule has 0 aliphatic carbocycles. The molecular formula is C23H44O4S2. The third-order valence-corrected chi connectivity index (χ3v) is 7.43. The Morgan fingerprint density at radius 1 is 0.724 bits per heavy atom. The number of hydrogen-bond acceptors (Lipinski definition) is 6. The van der Waals surface area contributed by atoms with E-state index in [1.165, 1.54) is 25.7 Å². The summed E-state index contributed by atoms with van der Waals surface area (Å²) in [6, 6.07) is 0. The van der Waals surface area contributed by atoms with E-state index in [1.807, 2.05) is 0 Å². The van der Waals surface area contributed by atoms with Crippen LogP contribution in [0.15, 0.2) is 0 Å². The molecule has 172 valence electrons. The summed E-state index contributed by atoms with van der Waals surface area (Å²) in [7, 11) is 0. The molecule has 0 bridgehead atoms. The maximum absolute atomic E-state index is 11.8. The van der Waals surface area contributed by atoms with Gasteiger partial charge in [-0.25, -0.2) is 0 Å². The molecule has 2 atom stereocenters. The molecule has 0 rings (SSSR count). The fraction of sp³-hybridized carbons (Fsp3) is 0.913. The van der Waals surface area contributed by atoms with E-state index in [9.17, 15) is 9.59 Å². The number of carbonyl (C=O) groups is 2. The lowest BCUT2D eigenvalue weighted by atomic mass is 10.0. The molecule has 0 radical (unpaired) electrons. The van der Waals surface area contributed by atoms with E-state index in [4.69, 9.17) is 9.47 Å². The van der Waals surface area contributed by atoms with Crippen LogP contribution in [0.5, 0.6) is 0 Å². The van der Waals surface area contributed by atoms with Crippen molar-refractivity contribution in [3.63, 3.8) is 0 Å². The zero-order valence-electron chi connectivity index (χ0n) is 19.2. The van der Waals surface area contributed by atoms with Crippen LogP contribution in [0.25, 0.3) is 0 Å². The van der Waals surface area contributed by atoms with Gasteiger partial charge in [-0.15, -0.1) is 0 Å². The van der Waals surface area contributed by atoms with Crippen LogP contribution in [-0.2, 0) is 19.1 Å². The Kier molecular flexibility index (Phi) is 20.6. The Balaban J connectivity index is 3.59. The predicted octanol–water partition coefficient (Wildman–Crippen LogP) is 6.71. The van der Waals surface area contributed by atoms with E-state index in [2.05, 4.69) is 27.7 Å². The van der Waals surface area contributed by atoms with Crippen LogP contribution in [0.2, 0.25) is 0 Å². The highest BCUT2D eigenvalue weighted by Crippen LogP contribution is 2.17. The number of carbonyl (C=O) groups excluding carboxylic acids is 2. The summed E-state index contributed by atoms with van der Waals surface area (Å²) in [5.74, 6) is 2.38. The van der Waals surface area contributed by atoms with Crippen molar-refractivity contribution in [1.82, 2.24) is 0 Å². The first-order valence-electron chi connectivity index (χ1n) is 11.5. The molecule has 0 aromatic heterocycles. The highest BCUT2D eigenvalue weighted by atomic mass is 32.2. The number of rotatable bonds is 20. The normalized spacial score (nSPS) is 13.1. The second-order valence-electron chi connectivity index (χ2n) is 7.63. The molecule has 0 spiro atoms. The van der Waals surface area contributed by atoms with Crippen molar-refractivity contribution in [2.45, 2.75) is 91.9 Å². The summed E-state index contributed by atoms with van der Waals surface area (Å²) in [4.78, 5) is 23.7. The molecule has 0 fully saturated rings. The summed E-state index contributed by atoms with van der Waals surface area (Å²) < 4.78 is 10.8. The smallest absolute Gasteiger partial charge is 0.306 e. The molecule has 29 heavy (non-hydrogen) atoms. The third kappa shape index (κ3) is 18.2.